The summed E-state index contributed by atoms with van der Waals surface area (Å²) in [5.41, 5.74) is 1.56. The second-order valence-electron chi connectivity index (χ2n) is 3.07. The number of aromatic nitrogens is 3. The first kappa shape index (κ1) is 7.46. The maximum Gasteiger partial charge on any atom is 0.170 e. The van der Waals surface area contributed by atoms with Gasteiger partial charge in [-0.05, 0) is 19.8 Å². The molecule has 1 aromatic heterocycles. The van der Waals surface area contributed by atoms with Crippen molar-refractivity contribution < 1.29 is 4.79 Å². The highest BCUT2D eigenvalue weighted by Gasteiger charge is 2.30. The molecule has 1 aliphatic carbocycles. The average Bonchev–Trinajstić information content (AvgIpc) is 2.85. The van der Waals surface area contributed by atoms with E-state index >= 15 is 0 Å². The van der Waals surface area contributed by atoms with Crippen LogP contribution in [0.3, 0.4) is 0 Å². The minimum absolute atomic E-state index is 0.505. The molecule has 1 heterocycles. The molecule has 0 bridgehead atoms. The highest BCUT2D eigenvalue weighted by atomic mass is 16.1. The van der Waals surface area contributed by atoms with Gasteiger partial charge in [-0.3, -0.25) is 4.79 Å². The third kappa shape index (κ3) is 1.03. The average molecular weight is 165 g/mol. The maximum absolute atomic E-state index is 10.7. The number of aldehydes is 1. The molecule has 0 spiro atoms. The number of hydrogen-bond acceptors (Lipinski definition) is 3. The van der Waals surface area contributed by atoms with Gasteiger partial charge in [-0.25, -0.2) is 4.68 Å². The molecule has 0 saturated heterocycles. The van der Waals surface area contributed by atoms with Gasteiger partial charge in [0.1, 0.15) is 5.69 Å². The molecule has 1 aromatic rings. The monoisotopic (exact) mass is 165 g/mol. The van der Waals surface area contributed by atoms with E-state index in [-0.39, 0.29) is 0 Å². The molecule has 2 rings (SSSR count). The van der Waals surface area contributed by atoms with Crippen LogP contribution in [0.1, 0.15) is 41.9 Å². The van der Waals surface area contributed by atoms with Crippen molar-refractivity contribution in [3.05, 3.63) is 11.4 Å². The highest BCUT2D eigenvalue weighted by molar-refractivity contribution is 5.74. The lowest BCUT2D eigenvalue weighted by atomic mass is 10.2. The lowest BCUT2D eigenvalue weighted by Gasteiger charge is -1.95. The molecular formula is C8H11N3O. The first-order valence-electron chi connectivity index (χ1n) is 4.25. The van der Waals surface area contributed by atoms with Crippen molar-refractivity contribution >= 4 is 6.29 Å². The first-order valence-corrected chi connectivity index (χ1v) is 4.25. The molecule has 64 valence electrons. The summed E-state index contributed by atoms with van der Waals surface area (Å²) in [5, 5.41) is 7.90. The molecule has 0 unspecified atom stereocenters. The number of aryl methyl sites for hydroxylation is 1. The van der Waals surface area contributed by atoms with Crippen molar-refractivity contribution in [3.63, 3.8) is 0 Å². The van der Waals surface area contributed by atoms with Gasteiger partial charge in [0, 0.05) is 12.5 Å². The van der Waals surface area contributed by atoms with Gasteiger partial charge in [0.15, 0.2) is 6.29 Å². The van der Waals surface area contributed by atoms with Crippen molar-refractivity contribution in [1.82, 2.24) is 15.0 Å². The van der Waals surface area contributed by atoms with E-state index in [1.54, 1.807) is 4.68 Å². The van der Waals surface area contributed by atoms with E-state index < -0.39 is 0 Å². The largest absolute Gasteiger partial charge is 0.296 e. The number of carbonyl (C=O) groups is 1. The van der Waals surface area contributed by atoms with Crippen molar-refractivity contribution in [1.29, 1.82) is 0 Å². The van der Waals surface area contributed by atoms with E-state index in [1.807, 2.05) is 6.92 Å². The molecule has 4 nitrogen and oxygen atoms in total. The Bertz CT molecular complexity index is 301. The zero-order chi connectivity index (χ0) is 8.55. The molecule has 0 radical (unpaired) electrons. The van der Waals surface area contributed by atoms with Crippen LogP contribution in [0.25, 0.3) is 0 Å². The van der Waals surface area contributed by atoms with E-state index in [1.165, 1.54) is 0 Å². The SMILES string of the molecule is CCn1nnc(C2CC2)c1C=O. The van der Waals surface area contributed by atoms with E-state index in [4.69, 9.17) is 0 Å². The van der Waals surface area contributed by atoms with Crippen LogP contribution in [-0.4, -0.2) is 21.3 Å². The third-order valence-corrected chi connectivity index (χ3v) is 2.18. The minimum atomic E-state index is 0.505. The Morgan fingerprint density at radius 1 is 1.67 bits per heavy atom. The molecule has 0 N–H and O–H groups in total. The smallest absolute Gasteiger partial charge is 0.170 e. The van der Waals surface area contributed by atoms with Gasteiger partial charge >= 0.3 is 0 Å². The molecule has 0 aromatic carbocycles. The van der Waals surface area contributed by atoms with E-state index in [0.29, 0.717) is 18.2 Å². The molecular weight excluding hydrogens is 154 g/mol. The summed E-state index contributed by atoms with van der Waals surface area (Å²) in [6.45, 7) is 2.67. The van der Waals surface area contributed by atoms with Crippen molar-refractivity contribution in [3.8, 4) is 0 Å². The van der Waals surface area contributed by atoms with Crippen LogP contribution in [0.15, 0.2) is 0 Å². The number of nitrogens with zero attached hydrogens (tertiary/aromatic N) is 3. The summed E-state index contributed by atoms with van der Waals surface area (Å²) >= 11 is 0. The van der Waals surface area contributed by atoms with Crippen LogP contribution in [0, 0.1) is 0 Å². The van der Waals surface area contributed by atoms with Crippen LogP contribution in [0.2, 0.25) is 0 Å². The number of carbonyl (C=O) groups excluding carboxylic acids is 1. The van der Waals surface area contributed by atoms with E-state index in [0.717, 1.165) is 24.8 Å². The second-order valence-corrected chi connectivity index (χ2v) is 3.07. The van der Waals surface area contributed by atoms with Crippen molar-refractivity contribution in [2.45, 2.75) is 32.2 Å². The van der Waals surface area contributed by atoms with Gasteiger partial charge in [0.25, 0.3) is 0 Å². The van der Waals surface area contributed by atoms with Gasteiger partial charge in [-0.2, -0.15) is 0 Å². The topological polar surface area (TPSA) is 47.8 Å². The Balaban J connectivity index is 2.39. The van der Waals surface area contributed by atoms with Gasteiger partial charge in [0.2, 0.25) is 0 Å². The Kier molecular flexibility index (Phi) is 1.67. The van der Waals surface area contributed by atoms with E-state index in [9.17, 15) is 4.79 Å². The van der Waals surface area contributed by atoms with E-state index in [2.05, 4.69) is 10.3 Å². The quantitative estimate of drug-likeness (QED) is 0.627. The Hall–Kier alpha value is -1.19. The molecule has 1 aliphatic rings. The van der Waals surface area contributed by atoms with Gasteiger partial charge in [-0.15, -0.1) is 5.10 Å². The van der Waals surface area contributed by atoms with Gasteiger partial charge in [-0.1, -0.05) is 5.21 Å². The number of hydrogen-bond donors (Lipinski definition) is 0. The highest BCUT2D eigenvalue weighted by Crippen LogP contribution is 2.39. The summed E-state index contributed by atoms with van der Waals surface area (Å²) in [4.78, 5) is 10.7. The standard InChI is InChI=1S/C8H11N3O/c1-2-11-7(5-12)8(9-10-11)6-3-4-6/h5-6H,2-4H2,1H3. The van der Waals surface area contributed by atoms with Crippen molar-refractivity contribution in [2.24, 2.45) is 0 Å². The summed E-state index contributed by atoms with van der Waals surface area (Å²) < 4.78 is 1.65. The summed E-state index contributed by atoms with van der Waals surface area (Å²) in [6.07, 6.45) is 3.17. The predicted octanol–water partition coefficient (Wildman–Crippen LogP) is 0.988. The van der Waals surface area contributed by atoms with Crippen LogP contribution >= 0.6 is 0 Å². The zero-order valence-corrected chi connectivity index (χ0v) is 7.03. The fourth-order valence-corrected chi connectivity index (χ4v) is 1.34. The zero-order valence-electron chi connectivity index (χ0n) is 7.03. The summed E-state index contributed by atoms with van der Waals surface area (Å²) in [5.74, 6) is 0.505. The first-order chi connectivity index (χ1) is 5.86. The Labute approximate surface area is 70.6 Å². The van der Waals surface area contributed by atoms with Crippen molar-refractivity contribution in [2.75, 3.05) is 0 Å². The molecule has 1 fully saturated rings. The summed E-state index contributed by atoms with van der Waals surface area (Å²) in [6, 6.07) is 0. The number of rotatable bonds is 3. The Morgan fingerprint density at radius 2 is 2.42 bits per heavy atom. The lowest BCUT2D eigenvalue weighted by Crippen LogP contribution is -2.02. The van der Waals surface area contributed by atoms with Gasteiger partial charge < -0.3 is 0 Å². The minimum Gasteiger partial charge on any atom is -0.296 e. The van der Waals surface area contributed by atoms with Crippen LogP contribution in [0.5, 0.6) is 0 Å². The fourth-order valence-electron chi connectivity index (χ4n) is 1.34. The maximum atomic E-state index is 10.7. The van der Waals surface area contributed by atoms with Crippen LogP contribution in [0.4, 0.5) is 0 Å². The molecule has 0 aliphatic heterocycles. The molecule has 1 saturated carbocycles. The molecule has 4 heteroatoms. The van der Waals surface area contributed by atoms with Crippen LogP contribution in [-0.2, 0) is 6.54 Å². The second kappa shape index (κ2) is 2.69. The molecule has 12 heavy (non-hydrogen) atoms. The lowest BCUT2D eigenvalue weighted by molar-refractivity contribution is 0.111. The van der Waals surface area contributed by atoms with Gasteiger partial charge in [0.05, 0.1) is 5.69 Å². The molecule has 0 amide bonds. The summed E-state index contributed by atoms with van der Waals surface area (Å²) in [7, 11) is 0. The Morgan fingerprint density at radius 3 is 2.92 bits per heavy atom. The molecule has 0 atom stereocenters. The normalized spacial score (nSPS) is 16.4. The fraction of sp³-hybridized carbons (Fsp3) is 0.625. The third-order valence-electron chi connectivity index (χ3n) is 2.18. The van der Waals surface area contributed by atoms with Crippen LogP contribution < -0.4 is 0 Å². The predicted molar refractivity (Wildman–Crippen MR) is 43.1 cm³/mol.